The number of ether oxygens (including phenoxy) is 1. The van der Waals surface area contributed by atoms with Gasteiger partial charge in [0, 0.05) is 38.1 Å². The monoisotopic (exact) mass is 460 g/mol. The largest absolute Gasteiger partial charge is 0.485 e. The quantitative estimate of drug-likeness (QED) is 0.551. The number of nitrogens with zero attached hydrogens (tertiary/aromatic N) is 4. The first-order chi connectivity index (χ1) is 16.6. The fraction of sp³-hybridized carbons (Fsp3) is 0.346. The molecule has 1 saturated heterocycles. The van der Waals surface area contributed by atoms with Gasteiger partial charge >= 0.3 is 6.03 Å². The van der Waals surface area contributed by atoms with E-state index < -0.39 is 0 Å². The summed E-state index contributed by atoms with van der Waals surface area (Å²) in [5.74, 6) is 1.01. The average molecular weight is 461 g/mol. The highest BCUT2D eigenvalue weighted by Gasteiger charge is 2.23. The van der Waals surface area contributed by atoms with E-state index in [0.29, 0.717) is 19.7 Å². The highest BCUT2D eigenvalue weighted by Crippen LogP contribution is 2.29. The summed E-state index contributed by atoms with van der Waals surface area (Å²) in [5, 5.41) is 3.09. The van der Waals surface area contributed by atoms with E-state index in [1.807, 2.05) is 29.2 Å². The molecule has 8 nitrogen and oxygen atoms in total. The summed E-state index contributed by atoms with van der Waals surface area (Å²) >= 11 is 0. The molecular formula is C26H32N6O2. The summed E-state index contributed by atoms with van der Waals surface area (Å²) in [6.07, 6.45) is 3.52. The Morgan fingerprint density at radius 2 is 1.74 bits per heavy atom. The van der Waals surface area contributed by atoms with Crippen molar-refractivity contribution in [1.29, 1.82) is 0 Å². The summed E-state index contributed by atoms with van der Waals surface area (Å²) in [6.45, 7) is 7.29. The maximum Gasteiger partial charge on any atom is 0.321 e. The molecule has 4 rings (SSSR count). The fourth-order valence-electron chi connectivity index (χ4n) is 4.08. The molecule has 1 aliphatic rings. The molecule has 1 aliphatic heterocycles. The zero-order chi connectivity index (χ0) is 23.9. The number of hydrogen-bond acceptors (Lipinski definition) is 6. The number of nitrogens with one attached hydrogen (secondary N) is 1. The van der Waals surface area contributed by atoms with E-state index in [2.05, 4.69) is 52.2 Å². The van der Waals surface area contributed by atoms with E-state index in [-0.39, 0.29) is 12.0 Å². The third-order valence-electron chi connectivity index (χ3n) is 6.00. The van der Waals surface area contributed by atoms with Crippen LogP contribution in [0.4, 0.5) is 22.1 Å². The number of hydrogen-bond donors (Lipinski definition) is 2. The lowest BCUT2D eigenvalue weighted by Gasteiger charge is -2.36. The number of aryl methyl sites for hydroxylation is 2. The molecule has 1 aromatic heterocycles. The van der Waals surface area contributed by atoms with Gasteiger partial charge < -0.3 is 25.6 Å². The van der Waals surface area contributed by atoms with Crippen LogP contribution in [-0.2, 0) is 19.4 Å². The van der Waals surface area contributed by atoms with Crippen molar-refractivity contribution in [2.75, 3.05) is 42.1 Å². The second-order valence-electron chi connectivity index (χ2n) is 8.31. The summed E-state index contributed by atoms with van der Waals surface area (Å²) in [6, 6.07) is 16.0. The van der Waals surface area contributed by atoms with Crippen LogP contribution in [0.5, 0.6) is 5.75 Å². The van der Waals surface area contributed by atoms with Crippen LogP contribution in [0.25, 0.3) is 0 Å². The van der Waals surface area contributed by atoms with Crippen molar-refractivity contribution in [3.63, 3.8) is 0 Å². The van der Waals surface area contributed by atoms with Gasteiger partial charge in [0.2, 0.25) is 5.95 Å². The van der Waals surface area contributed by atoms with Crippen LogP contribution < -0.4 is 20.7 Å². The topological polar surface area (TPSA) is 96.6 Å². The highest BCUT2D eigenvalue weighted by atomic mass is 16.5. The first-order valence-electron chi connectivity index (χ1n) is 11.8. The molecule has 0 bridgehead atoms. The number of benzene rings is 2. The molecule has 0 atom stereocenters. The predicted molar refractivity (Wildman–Crippen MR) is 135 cm³/mol. The molecule has 2 aromatic carbocycles. The fourth-order valence-corrected chi connectivity index (χ4v) is 4.08. The van der Waals surface area contributed by atoms with E-state index in [9.17, 15) is 4.79 Å². The molecule has 0 saturated carbocycles. The molecule has 2 heterocycles. The van der Waals surface area contributed by atoms with Gasteiger partial charge in [0.1, 0.15) is 12.4 Å². The molecule has 0 unspecified atom stereocenters. The third-order valence-corrected chi connectivity index (χ3v) is 6.00. The Morgan fingerprint density at radius 3 is 2.41 bits per heavy atom. The van der Waals surface area contributed by atoms with Crippen molar-refractivity contribution in [3.8, 4) is 5.75 Å². The Labute approximate surface area is 200 Å². The molecule has 1 fully saturated rings. The van der Waals surface area contributed by atoms with Gasteiger partial charge in [-0.2, -0.15) is 0 Å². The van der Waals surface area contributed by atoms with Gasteiger partial charge in [-0.15, -0.1) is 0 Å². The van der Waals surface area contributed by atoms with Crippen molar-refractivity contribution in [1.82, 2.24) is 14.9 Å². The van der Waals surface area contributed by atoms with E-state index in [1.54, 1.807) is 12.3 Å². The number of urea groups is 1. The van der Waals surface area contributed by atoms with Crippen molar-refractivity contribution in [2.45, 2.75) is 33.3 Å². The standard InChI is InChI=1S/C26H32N6O2/c1-3-19-15-20(4-2)17-22(16-19)30-26(33)32-13-11-31(12-14-32)23-7-5-6-8-24(23)34-18-21-9-10-28-25(27)29-21/h5-10,15-17H,3-4,11-14,18H2,1-2H3,(H,30,33)(H2,27,28,29). The molecule has 0 spiro atoms. The molecule has 178 valence electrons. The number of aromatic nitrogens is 2. The number of rotatable bonds is 7. The van der Waals surface area contributed by atoms with E-state index in [0.717, 1.165) is 48.7 Å². The van der Waals surface area contributed by atoms with Gasteiger partial charge in [-0.25, -0.2) is 14.8 Å². The van der Waals surface area contributed by atoms with Crippen LogP contribution in [0, 0.1) is 0 Å². The van der Waals surface area contributed by atoms with Crippen LogP contribution in [0.1, 0.15) is 30.7 Å². The first kappa shape index (κ1) is 23.4. The maximum absolute atomic E-state index is 12.9. The molecule has 3 aromatic rings. The lowest BCUT2D eigenvalue weighted by atomic mass is 10.1. The second-order valence-corrected chi connectivity index (χ2v) is 8.31. The molecule has 3 N–H and O–H groups in total. The lowest BCUT2D eigenvalue weighted by Crippen LogP contribution is -2.50. The predicted octanol–water partition coefficient (Wildman–Crippen LogP) is 4.12. The molecule has 0 aliphatic carbocycles. The Kier molecular flexibility index (Phi) is 7.47. The molecule has 2 amide bonds. The number of carbonyl (C=O) groups excluding carboxylic acids is 1. The smallest absolute Gasteiger partial charge is 0.321 e. The van der Waals surface area contributed by atoms with Gasteiger partial charge in [0.05, 0.1) is 11.4 Å². The van der Waals surface area contributed by atoms with E-state index in [1.165, 1.54) is 11.1 Å². The molecular weight excluding hydrogens is 428 g/mol. The van der Waals surface area contributed by atoms with Crippen molar-refractivity contribution >= 4 is 23.4 Å². The second kappa shape index (κ2) is 10.9. The number of anilines is 3. The van der Waals surface area contributed by atoms with Crippen LogP contribution in [-0.4, -0.2) is 47.1 Å². The van der Waals surface area contributed by atoms with Gasteiger partial charge in [-0.1, -0.05) is 32.0 Å². The van der Waals surface area contributed by atoms with E-state index in [4.69, 9.17) is 10.5 Å². The summed E-state index contributed by atoms with van der Waals surface area (Å²) in [4.78, 5) is 25.1. The Balaban J connectivity index is 1.36. The van der Waals surface area contributed by atoms with Gasteiger partial charge in [-0.05, 0) is 54.3 Å². The number of nitrogens with two attached hydrogens (primary N) is 1. The minimum absolute atomic E-state index is 0.0548. The lowest BCUT2D eigenvalue weighted by molar-refractivity contribution is 0.208. The minimum Gasteiger partial charge on any atom is -0.485 e. The van der Waals surface area contributed by atoms with Gasteiger partial charge in [-0.3, -0.25) is 0 Å². The van der Waals surface area contributed by atoms with Gasteiger partial charge in [0.15, 0.2) is 0 Å². The Morgan fingerprint density at radius 1 is 1.03 bits per heavy atom. The van der Waals surface area contributed by atoms with Crippen molar-refractivity contribution in [3.05, 3.63) is 71.5 Å². The Hall–Kier alpha value is -3.81. The highest BCUT2D eigenvalue weighted by molar-refractivity contribution is 5.89. The number of piperazine rings is 1. The summed E-state index contributed by atoms with van der Waals surface area (Å²) in [5.41, 5.74) is 10.7. The molecule has 34 heavy (non-hydrogen) atoms. The summed E-state index contributed by atoms with van der Waals surface area (Å²) < 4.78 is 6.05. The molecule has 0 radical (unpaired) electrons. The number of para-hydroxylation sites is 2. The van der Waals surface area contributed by atoms with Crippen molar-refractivity contribution in [2.24, 2.45) is 0 Å². The summed E-state index contributed by atoms with van der Waals surface area (Å²) in [7, 11) is 0. The van der Waals surface area contributed by atoms with Crippen LogP contribution in [0.3, 0.4) is 0 Å². The number of nitrogen functional groups attached to an aromatic ring is 1. The zero-order valence-electron chi connectivity index (χ0n) is 19.8. The van der Waals surface area contributed by atoms with Crippen LogP contribution in [0.2, 0.25) is 0 Å². The van der Waals surface area contributed by atoms with Gasteiger partial charge in [0.25, 0.3) is 0 Å². The normalized spacial score (nSPS) is 13.6. The SMILES string of the molecule is CCc1cc(CC)cc(NC(=O)N2CCN(c3ccccc3OCc3ccnc(N)n3)CC2)c1. The van der Waals surface area contributed by atoms with Crippen LogP contribution in [0.15, 0.2) is 54.7 Å². The third kappa shape index (κ3) is 5.75. The first-order valence-corrected chi connectivity index (χ1v) is 11.8. The number of carbonyl (C=O) groups is 1. The minimum atomic E-state index is -0.0548. The Bertz CT molecular complexity index is 1110. The maximum atomic E-state index is 12.9. The zero-order valence-corrected chi connectivity index (χ0v) is 19.8. The average Bonchev–Trinajstić information content (AvgIpc) is 2.87. The van der Waals surface area contributed by atoms with E-state index >= 15 is 0 Å². The number of amides is 2. The van der Waals surface area contributed by atoms with Crippen LogP contribution >= 0.6 is 0 Å². The van der Waals surface area contributed by atoms with Crippen molar-refractivity contribution < 1.29 is 9.53 Å². The molecule has 8 heteroatoms.